The number of hydrogen-bond donors (Lipinski definition) is 2. The monoisotopic (exact) mass is 265 g/mol. The zero-order valence-electron chi connectivity index (χ0n) is 10.9. The van der Waals surface area contributed by atoms with Gasteiger partial charge in [-0.3, -0.25) is 0 Å². The Bertz CT molecular complexity index is 425. The summed E-state index contributed by atoms with van der Waals surface area (Å²) in [7, 11) is 0. The third-order valence-electron chi connectivity index (χ3n) is 3.20. The van der Waals surface area contributed by atoms with Gasteiger partial charge in [-0.1, -0.05) is 11.6 Å². The minimum absolute atomic E-state index is 0.446. The van der Waals surface area contributed by atoms with Gasteiger partial charge in [-0.2, -0.15) is 0 Å². The van der Waals surface area contributed by atoms with Gasteiger partial charge in [-0.25, -0.2) is 0 Å². The molecule has 0 aliphatic carbocycles. The van der Waals surface area contributed by atoms with Gasteiger partial charge >= 0.3 is 0 Å². The molecule has 0 radical (unpaired) electrons. The van der Waals surface area contributed by atoms with Crippen LogP contribution in [0.15, 0.2) is 36.2 Å². The molecule has 0 bridgehead atoms. The highest BCUT2D eigenvalue weighted by Crippen LogP contribution is 2.22. The van der Waals surface area contributed by atoms with E-state index in [1.165, 1.54) is 5.69 Å². The van der Waals surface area contributed by atoms with Crippen LogP contribution < -0.4 is 16.0 Å². The lowest BCUT2D eigenvalue weighted by Crippen LogP contribution is -2.36. The lowest BCUT2D eigenvalue weighted by Gasteiger charge is -2.31. The number of hydrogen-bond acceptors (Lipinski definition) is 3. The van der Waals surface area contributed by atoms with Gasteiger partial charge in [0.1, 0.15) is 0 Å². The van der Waals surface area contributed by atoms with E-state index < -0.39 is 0 Å². The van der Waals surface area contributed by atoms with Crippen molar-refractivity contribution in [3.63, 3.8) is 0 Å². The predicted octanol–water partition coefficient (Wildman–Crippen LogP) is 2.57. The van der Waals surface area contributed by atoms with Crippen LogP contribution in [0.1, 0.15) is 13.8 Å². The Kier molecular flexibility index (Phi) is 4.02. The molecule has 1 aliphatic rings. The minimum atomic E-state index is 0.446. The van der Waals surface area contributed by atoms with Crippen molar-refractivity contribution < 1.29 is 0 Å². The topological polar surface area (TPSA) is 41.3 Å². The summed E-state index contributed by atoms with van der Waals surface area (Å²) in [6.45, 7) is 6.28. The van der Waals surface area contributed by atoms with Crippen LogP contribution in [0, 0.1) is 5.92 Å². The van der Waals surface area contributed by atoms with Crippen LogP contribution in [-0.4, -0.2) is 19.1 Å². The lowest BCUT2D eigenvalue weighted by atomic mass is 10.1. The van der Waals surface area contributed by atoms with Crippen molar-refractivity contribution in [3.05, 3.63) is 41.2 Å². The Labute approximate surface area is 114 Å². The largest absolute Gasteiger partial charge is 0.386 e. The fourth-order valence-electron chi connectivity index (χ4n) is 2.24. The summed E-state index contributed by atoms with van der Waals surface area (Å²) < 4.78 is 0. The lowest BCUT2D eigenvalue weighted by molar-refractivity contribution is 0.579. The second-order valence-electron chi connectivity index (χ2n) is 4.99. The summed E-state index contributed by atoms with van der Waals surface area (Å²) in [5.74, 6) is 1.25. The third kappa shape index (κ3) is 3.10. The Morgan fingerprint density at radius 1 is 1.39 bits per heavy atom. The molecule has 0 unspecified atom stereocenters. The van der Waals surface area contributed by atoms with Crippen molar-refractivity contribution >= 4 is 17.3 Å². The molecule has 98 valence electrons. The summed E-state index contributed by atoms with van der Waals surface area (Å²) in [6, 6.07) is 8.45. The molecular formula is C14H20ClN3. The number of anilines is 1. The quantitative estimate of drug-likeness (QED) is 0.879. The maximum absolute atomic E-state index is 5.93. The van der Waals surface area contributed by atoms with E-state index in [4.69, 9.17) is 17.3 Å². The second kappa shape index (κ2) is 5.53. The number of benzene rings is 1. The molecule has 0 aromatic heterocycles. The first kappa shape index (κ1) is 13.1. The molecule has 1 aromatic rings. The fourth-order valence-corrected chi connectivity index (χ4v) is 2.36. The predicted molar refractivity (Wildman–Crippen MR) is 77.7 cm³/mol. The summed E-state index contributed by atoms with van der Waals surface area (Å²) in [5.41, 5.74) is 6.95. The second-order valence-corrected chi connectivity index (χ2v) is 5.42. The molecule has 18 heavy (non-hydrogen) atoms. The highest BCUT2D eigenvalue weighted by molar-refractivity contribution is 6.30. The number of halogens is 1. The Balaban J connectivity index is 2.11. The highest BCUT2D eigenvalue weighted by Gasteiger charge is 2.19. The average Bonchev–Trinajstić information content (AvgIpc) is 2.73. The first-order chi connectivity index (χ1) is 8.56. The summed E-state index contributed by atoms with van der Waals surface area (Å²) in [5, 5.41) is 3.94. The molecule has 3 N–H and O–H groups in total. The van der Waals surface area contributed by atoms with Gasteiger partial charge in [0.05, 0.1) is 5.82 Å². The molecule has 1 heterocycles. The summed E-state index contributed by atoms with van der Waals surface area (Å²) in [4.78, 5) is 2.37. The molecule has 0 amide bonds. The molecule has 1 aliphatic heterocycles. The zero-order chi connectivity index (χ0) is 13.1. The van der Waals surface area contributed by atoms with E-state index in [0.717, 1.165) is 23.9 Å². The van der Waals surface area contributed by atoms with Crippen LogP contribution in [0.4, 0.5) is 5.69 Å². The van der Waals surface area contributed by atoms with Crippen LogP contribution in [0.25, 0.3) is 0 Å². The number of rotatable bonds is 4. The van der Waals surface area contributed by atoms with E-state index >= 15 is 0 Å². The molecule has 0 fully saturated rings. The Morgan fingerprint density at radius 2 is 2.06 bits per heavy atom. The molecule has 0 saturated heterocycles. The van der Waals surface area contributed by atoms with Gasteiger partial charge in [-0.05, 0) is 44.2 Å². The van der Waals surface area contributed by atoms with Crippen molar-refractivity contribution in [1.29, 1.82) is 0 Å². The normalized spacial score (nSPS) is 18.7. The van der Waals surface area contributed by atoms with E-state index in [0.29, 0.717) is 12.0 Å². The number of nitrogens with zero attached hydrogens (tertiary/aromatic N) is 1. The maximum atomic E-state index is 5.93. The third-order valence-corrected chi connectivity index (χ3v) is 3.45. The number of nitrogens with one attached hydrogen (secondary N) is 1. The molecule has 2 rings (SSSR count). The average molecular weight is 266 g/mol. The number of nitrogens with two attached hydrogens (primary N) is 1. The van der Waals surface area contributed by atoms with E-state index in [1.807, 2.05) is 12.1 Å². The Morgan fingerprint density at radius 3 is 2.56 bits per heavy atom. The van der Waals surface area contributed by atoms with Crippen LogP contribution in [0.3, 0.4) is 0 Å². The molecular weight excluding hydrogens is 246 g/mol. The molecule has 0 saturated carbocycles. The van der Waals surface area contributed by atoms with Gasteiger partial charge < -0.3 is 16.0 Å². The van der Waals surface area contributed by atoms with Crippen LogP contribution in [0.2, 0.25) is 5.02 Å². The van der Waals surface area contributed by atoms with Crippen molar-refractivity contribution in [2.75, 3.05) is 18.0 Å². The first-order valence-corrected chi connectivity index (χ1v) is 6.67. The highest BCUT2D eigenvalue weighted by atomic mass is 35.5. The fraction of sp³-hybridized carbons (Fsp3) is 0.429. The van der Waals surface area contributed by atoms with Gasteiger partial charge in [0.25, 0.3) is 0 Å². The van der Waals surface area contributed by atoms with Crippen molar-refractivity contribution in [2.45, 2.75) is 19.9 Å². The van der Waals surface area contributed by atoms with E-state index in [1.54, 1.807) is 0 Å². The van der Waals surface area contributed by atoms with Crippen molar-refractivity contribution in [3.8, 4) is 0 Å². The zero-order valence-corrected chi connectivity index (χ0v) is 11.6. The van der Waals surface area contributed by atoms with E-state index in [-0.39, 0.29) is 0 Å². The molecule has 0 spiro atoms. The van der Waals surface area contributed by atoms with Gasteiger partial charge in [0.15, 0.2) is 0 Å². The molecule has 1 atom stereocenters. The van der Waals surface area contributed by atoms with Gasteiger partial charge in [0.2, 0.25) is 0 Å². The maximum Gasteiger partial charge on any atom is 0.0923 e. The SMILES string of the molecule is CC(C)N(C[C@H]1C=C(N)NC1)c1ccc(Cl)cc1. The summed E-state index contributed by atoms with van der Waals surface area (Å²) in [6.07, 6.45) is 2.10. The Hall–Kier alpha value is -1.35. The molecule has 3 nitrogen and oxygen atoms in total. The van der Waals surface area contributed by atoms with Gasteiger partial charge in [-0.15, -0.1) is 0 Å². The van der Waals surface area contributed by atoms with Gasteiger partial charge in [0, 0.05) is 35.8 Å². The van der Waals surface area contributed by atoms with E-state index in [9.17, 15) is 0 Å². The van der Waals surface area contributed by atoms with Crippen LogP contribution in [0.5, 0.6) is 0 Å². The van der Waals surface area contributed by atoms with Crippen LogP contribution in [-0.2, 0) is 0 Å². The van der Waals surface area contributed by atoms with Crippen molar-refractivity contribution in [1.82, 2.24) is 5.32 Å². The molecule has 4 heteroatoms. The minimum Gasteiger partial charge on any atom is -0.386 e. The smallest absolute Gasteiger partial charge is 0.0923 e. The molecule has 1 aromatic carbocycles. The standard InChI is InChI=1S/C14H20ClN3/c1-10(2)18(9-11-7-14(16)17-8-11)13-5-3-12(15)4-6-13/h3-7,10-11,17H,8-9,16H2,1-2H3/t11-/m0/s1. The van der Waals surface area contributed by atoms with E-state index in [2.05, 4.69) is 42.3 Å². The van der Waals surface area contributed by atoms with Crippen LogP contribution >= 0.6 is 11.6 Å². The first-order valence-electron chi connectivity index (χ1n) is 6.29. The summed E-state index contributed by atoms with van der Waals surface area (Å²) >= 11 is 5.93. The van der Waals surface area contributed by atoms with Crippen molar-refractivity contribution in [2.24, 2.45) is 11.7 Å².